The van der Waals surface area contributed by atoms with E-state index in [9.17, 15) is 31.1 Å². The van der Waals surface area contributed by atoms with E-state index in [0.29, 0.717) is 43.6 Å². The third kappa shape index (κ3) is 7.33. The fraction of sp³-hybridized carbons (Fsp3) is 0.259. The third-order valence-corrected chi connectivity index (χ3v) is 6.79. The number of allylic oxidation sites excluding steroid dienone is 1. The number of hydrogen-bond acceptors (Lipinski definition) is 6. The van der Waals surface area contributed by atoms with Gasteiger partial charge in [0.05, 0.1) is 29.2 Å². The summed E-state index contributed by atoms with van der Waals surface area (Å²) in [5.41, 5.74) is -4.33. The molecule has 0 N–H and O–H groups in total. The van der Waals surface area contributed by atoms with Crippen molar-refractivity contribution in [2.75, 3.05) is 26.3 Å². The number of ketones is 1. The Kier molecular flexibility index (Phi) is 8.86. The van der Waals surface area contributed by atoms with Gasteiger partial charge in [0, 0.05) is 53.8 Å². The normalized spacial score (nSPS) is 14.6. The van der Waals surface area contributed by atoms with Gasteiger partial charge in [0.25, 0.3) is 0 Å². The molecule has 0 amide bonds. The van der Waals surface area contributed by atoms with Gasteiger partial charge in [-0.25, -0.2) is 0 Å². The van der Waals surface area contributed by atoms with E-state index in [1.807, 2.05) is 0 Å². The van der Waals surface area contributed by atoms with Crippen LogP contribution in [0.5, 0.6) is 5.75 Å². The van der Waals surface area contributed by atoms with E-state index in [2.05, 4.69) is 4.98 Å². The van der Waals surface area contributed by atoms with E-state index in [0.717, 1.165) is 18.2 Å². The van der Waals surface area contributed by atoms with Crippen LogP contribution >= 0.6 is 11.8 Å². The summed E-state index contributed by atoms with van der Waals surface area (Å²) in [7, 11) is 0. The van der Waals surface area contributed by atoms with Crippen molar-refractivity contribution in [3.05, 3.63) is 95.5 Å². The predicted octanol–water partition coefficient (Wildman–Crippen LogP) is 6.88. The SMILES string of the molecule is O=C(C=CN1CCOCC1)c1ccc(Sc2ccccc2OCc2cccnc2)c(C(F)(F)F)c1C(F)(F)F. The summed E-state index contributed by atoms with van der Waals surface area (Å²) in [6.07, 6.45) is -5.60. The molecule has 1 saturated heterocycles. The maximum absolute atomic E-state index is 14.2. The molecule has 1 aliphatic rings. The largest absolute Gasteiger partial charge is 0.488 e. The van der Waals surface area contributed by atoms with Gasteiger partial charge in [-0.1, -0.05) is 30.0 Å². The summed E-state index contributed by atoms with van der Waals surface area (Å²) < 4.78 is 96.1. The molecule has 2 heterocycles. The number of benzene rings is 2. The van der Waals surface area contributed by atoms with Crippen LogP contribution in [0.25, 0.3) is 0 Å². The molecule has 0 unspecified atom stereocenters. The van der Waals surface area contributed by atoms with Gasteiger partial charge in [-0.15, -0.1) is 0 Å². The fourth-order valence-corrected chi connectivity index (χ4v) is 4.92. The Morgan fingerprint density at radius 3 is 2.33 bits per heavy atom. The minimum atomic E-state index is -5.45. The number of nitrogens with zero attached hydrogens (tertiary/aromatic N) is 2. The molecule has 0 saturated carbocycles. The Bertz CT molecular complexity index is 1320. The summed E-state index contributed by atoms with van der Waals surface area (Å²) >= 11 is 0.478. The molecule has 2 aromatic carbocycles. The zero-order valence-corrected chi connectivity index (χ0v) is 21.1. The van der Waals surface area contributed by atoms with Gasteiger partial charge in [-0.2, -0.15) is 26.3 Å². The highest BCUT2D eigenvalue weighted by Crippen LogP contribution is 2.49. The van der Waals surface area contributed by atoms with E-state index in [-0.39, 0.29) is 17.3 Å². The quantitative estimate of drug-likeness (QED) is 0.168. The number of alkyl halides is 6. The second kappa shape index (κ2) is 12.1. The second-order valence-corrected chi connectivity index (χ2v) is 9.47. The minimum absolute atomic E-state index is 0.0499. The number of halogens is 6. The number of pyridine rings is 1. The van der Waals surface area contributed by atoms with Gasteiger partial charge in [0.15, 0.2) is 5.78 Å². The monoisotopic (exact) mass is 568 g/mol. The first-order chi connectivity index (χ1) is 18.5. The molecule has 5 nitrogen and oxygen atoms in total. The molecule has 3 aromatic rings. The van der Waals surface area contributed by atoms with Gasteiger partial charge in [-0.3, -0.25) is 9.78 Å². The van der Waals surface area contributed by atoms with Gasteiger partial charge < -0.3 is 14.4 Å². The molecule has 0 atom stereocenters. The maximum Gasteiger partial charge on any atom is 0.418 e. The highest BCUT2D eigenvalue weighted by Gasteiger charge is 2.47. The Hall–Kier alpha value is -3.51. The Morgan fingerprint density at radius 2 is 1.67 bits per heavy atom. The van der Waals surface area contributed by atoms with Crippen LogP contribution in [0.1, 0.15) is 27.0 Å². The van der Waals surface area contributed by atoms with Crippen LogP contribution in [0, 0.1) is 0 Å². The maximum atomic E-state index is 14.2. The Morgan fingerprint density at radius 1 is 0.949 bits per heavy atom. The molecule has 206 valence electrons. The summed E-state index contributed by atoms with van der Waals surface area (Å²) in [6.45, 7) is 1.59. The topological polar surface area (TPSA) is 51.7 Å². The van der Waals surface area contributed by atoms with E-state index < -0.39 is 39.7 Å². The van der Waals surface area contributed by atoms with Gasteiger partial charge in [0.1, 0.15) is 12.4 Å². The first-order valence-corrected chi connectivity index (χ1v) is 12.5. The summed E-state index contributed by atoms with van der Waals surface area (Å²) in [4.78, 5) is 17.8. The van der Waals surface area contributed by atoms with Gasteiger partial charge >= 0.3 is 12.4 Å². The first-order valence-electron chi connectivity index (χ1n) is 11.7. The summed E-state index contributed by atoms with van der Waals surface area (Å²) in [5.74, 6) is -1.00. The Balaban J connectivity index is 1.71. The van der Waals surface area contributed by atoms with Crippen molar-refractivity contribution in [1.29, 1.82) is 0 Å². The second-order valence-electron chi connectivity index (χ2n) is 8.38. The molecule has 0 spiro atoms. The van der Waals surface area contributed by atoms with Crippen LogP contribution < -0.4 is 4.74 Å². The molecule has 0 radical (unpaired) electrons. The predicted molar refractivity (Wildman–Crippen MR) is 131 cm³/mol. The van der Waals surface area contributed by atoms with Crippen molar-refractivity contribution in [2.45, 2.75) is 28.8 Å². The van der Waals surface area contributed by atoms with E-state index in [1.54, 1.807) is 35.5 Å². The van der Waals surface area contributed by atoms with Crippen molar-refractivity contribution < 1.29 is 40.6 Å². The van der Waals surface area contributed by atoms with Crippen LogP contribution in [0.2, 0.25) is 0 Å². The lowest BCUT2D eigenvalue weighted by atomic mass is 9.96. The van der Waals surface area contributed by atoms with Crippen LogP contribution in [-0.2, 0) is 23.7 Å². The van der Waals surface area contributed by atoms with E-state index in [1.165, 1.54) is 24.4 Å². The molecular formula is C27H22F6N2O3S. The average Bonchev–Trinajstić information content (AvgIpc) is 2.91. The summed E-state index contributed by atoms with van der Waals surface area (Å²) in [5, 5.41) is 0. The van der Waals surface area contributed by atoms with Gasteiger partial charge in [-0.05, 0) is 30.3 Å². The lowest BCUT2D eigenvalue weighted by molar-refractivity contribution is -0.163. The molecular weight excluding hydrogens is 546 g/mol. The molecule has 1 aromatic heterocycles. The van der Waals surface area contributed by atoms with E-state index in [4.69, 9.17) is 9.47 Å². The van der Waals surface area contributed by atoms with Crippen molar-refractivity contribution in [3.8, 4) is 5.75 Å². The zero-order chi connectivity index (χ0) is 28.0. The molecule has 0 aliphatic carbocycles. The van der Waals surface area contributed by atoms with Gasteiger partial charge in [0.2, 0.25) is 0 Å². The average molecular weight is 569 g/mol. The standard InChI is InChI=1S/C27H22F6N2O3S/c28-26(29,30)24-19(20(36)9-11-35-12-14-37-15-13-35)7-8-23(25(24)27(31,32)33)39-22-6-2-1-5-21(22)38-17-18-4-3-10-34-16-18/h1-11,16H,12-15,17H2. The number of hydrogen-bond donors (Lipinski definition) is 0. The van der Waals surface area contributed by atoms with Crippen molar-refractivity contribution in [3.63, 3.8) is 0 Å². The van der Waals surface area contributed by atoms with Crippen LogP contribution in [0.15, 0.2) is 83.0 Å². The molecule has 1 fully saturated rings. The minimum Gasteiger partial charge on any atom is -0.488 e. The number of ether oxygens (including phenoxy) is 2. The van der Waals surface area contributed by atoms with Crippen LogP contribution in [-0.4, -0.2) is 42.0 Å². The Labute approximate surface area is 224 Å². The molecule has 39 heavy (non-hydrogen) atoms. The molecule has 0 bridgehead atoms. The lowest BCUT2D eigenvalue weighted by Crippen LogP contribution is -2.32. The molecule has 1 aliphatic heterocycles. The first kappa shape index (κ1) is 28.5. The highest BCUT2D eigenvalue weighted by molar-refractivity contribution is 7.99. The van der Waals surface area contributed by atoms with Crippen LogP contribution in [0.3, 0.4) is 0 Å². The number of morpholine rings is 1. The van der Waals surface area contributed by atoms with Crippen molar-refractivity contribution >= 4 is 17.5 Å². The third-order valence-electron chi connectivity index (χ3n) is 5.67. The number of rotatable bonds is 8. The van der Waals surface area contributed by atoms with Crippen LogP contribution in [0.4, 0.5) is 26.3 Å². The highest BCUT2D eigenvalue weighted by atomic mass is 32.2. The van der Waals surface area contributed by atoms with E-state index >= 15 is 0 Å². The van der Waals surface area contributed by atoms with Crippen molar-refractivity contribution in [2.24, 2.45) is 0 Å². The zero-order valence-electron chi connectivity index (χ0n) is 20.3. The molecule has 4 rings (SSSR count). The fourth-order valence-electron chi connectivity index (χ4n) is 3.86. The smallest absolute Gasteiger partial charge is 0.418 e. The lowest BCUT2D eigenvalue weighted by Gasteiger charge is -2.25. The van der Waals surface area contributed by atoms with Crippen molar-refractivity contribution in [1.82, 2.24) is 9.88 Å². The number of aromatic nitrogens is 1. The number of carbonyl (C=O) groups excluding carboxylic acids is 1. The summed E-state index contributed by atoms with van der Waals surface area (Å²) in [6, 6.07) is 11.2. The number of para-hydroxylation sites is 1. The molecule has 12 heteroatoms. The number of carbonyl (C=O) groups is 1.